The number of esters is 2. The molecule has 0 bridgehead atoms. The number of benzene rings is 1. The number of hydrogen-bond donors (Lipinski definition) is 0. The minimum atomic E-state index is -0.608. The van der Waals surface area contributed by atoms with E-state index in [0.717, 1.165) is 0 Å². The Morgan fingerprint density at radius 3 is 2.14 bits per heavy atom. The summed E-state index contributed by atoms with van der Waals surface area (Å²) in [6, 6.07) is 8.37. The van der Waals surface area contributed by atoms with Gasteiger partial charge in [0.15, 0.2) is 0 Å². The molecule has 0 aromatic heterocycles. The van der Waals surface area contributed by atoms with Crippen LogP contribution in [0, 0.1) is 0 Å². The Labute approximate surface area is 150 Å². The Bertz CT molecular complexity index is 309. The maximum absolute atomic E-state index is 11.0. The van der Waals surface area contributed by atoms with E-state index in [2.05, 4.69) is 4.74 Å². The molecule has 1 aromatic rings. The first kappa shape index (κ1) is 17.4. The zero-order valence-electron chi connectivity index (χ0n) is 10.6. The average molecular weight is 228 g/mol. The summed E-state index contributed by atoms with van der Waals surface area (Å²) in [6.07, 6.45) is 0. The van der Waals surface area contributed by atoms with Gasteiger partial charge in [0, 0.05) is 6.92 Å². The molecule has 1 aromatic carbocycles. The molecule has 5 heteroatoms. The quantitative estimate of drug-likeness (QED) is 0.277. The Balaban J connectivity index is -0.000000180. The molecule has 0 fully saturated rings. The first-order chi connectivity index (χ1) is 5.70. The van der Waals surface area contributed by atoms with Gasteiger partial charge in [-0.15, -0.1) is 0 Å². The molecule has 1 rings (SSSR count). The minimum Gasteiger partial charge on any atom is -1.00 e. The molecule has 0 N–H and O–H groups in total. The number of carbonyl (C=O) groups is 2. The van der Waals surface area contributed by atoms with Crippen LogP contribution in [-0.4, -0.2) is 11.9 Å². The summed E-state index contributed by atoms with van der Waals surface area (Å²) in [4.78, 5) is 21.4. The molecular weight excluding hydrogens is 218 g/mol. The summed E-state index contributed by atoms with van der Waals surface area (Å²) in [5.41, 5.74) is 0.382. The van der Waals surface area contributed by atoms with Gasteiger partial charge < -0.3 is 7.59 Å². The van der Waals surface area contributed by atoms with Crippen molar-refractivity contribution in [2.24, 2.45) is 0 Å². The van der Waals surface area contributed by atoms with E-state index in [0.29, 0.717) is 5.56 Å². The average Bonchev–Trinajstić information content (AvgIpc) is 2.05. The Hall–Kier alpha value is 0.996. The van der Waals surface area contributed by atoms with E-state index in [1.807, 2.05) is 0 Å². The molecule has 14 heavy (non-hydrogen) atoms. The van der Waals surface area contributed by atoms with E-state index in [1.54, 1.807) is 30.3 Å². The fourth-order valence-corrected chi connectivity index (χ4v) is 0.764. The van der Waals surface area contributed by atoms with Gasteiger partial charge >= 0.3 is 92.9 Å². The van der Waals surface area contributed by atoms with Gasteiger partial charge in [0.25, 0.3) is 0 Å². The summed E-state index contributed by atoms with van der Waals surface area (Å²) >= 11 is 0. The van der Waals surface area contributed by atoms with Crippen molar-refractivity contribution < 1.29 is 98.1 Å². The first-order valence-corrected chi connectivity index (χ1v) is 3.48. The molecule has 0 amide bonds. The van der Waals surface area contributed by atoms with E-state index < -0.39 is 11.9 Å². The SMILES string of the molecule is CC(=O)OC(=O)c1ccccc1.[H-].[H-].[K+].[Na+]. The molecule has 66 valence electrons. The zero-order chi connectivity index (χ0) is 8.97. The van der Waals surface area contributed by atoms with E-state index >= 15 is 0 Å². The van der Waals surface area contributed by atoms with Gasteiger partial charge in [-0.25, -0.2) is 4.79 Å². The van der Waals surface area contributed by atoms with E-state index in [4.69, 9.17) is 0 Å². The van der Waals surface area contributed by atoms with Crippen molar-refractivity contribution in [3.63, 3.8) is 0 Å². The monoisotopic (exact) mass is 228 g/mol. The predicted octanol–water partition coefficient (Wildman–Crippen LogP) is -4.38. The van der Waals surface area contributed by atoms with E-state index in [-0.39, 0.29) is 83.8 Å². The van der Waals surface area contributed by atoms with Crippen LogP contribution in [0.3, 0.4) is 0 Å². The zero-order valence-corrected chi connectivity index (χ0v) is 13.7. The normalized spacial score (nSPS) is 7.79. The topological polar surface area (TPSA) is 43.4 Å². The molecule has 0 radical (unpaired) electrons. The fraction of sp³-hybridized carbons (Fsp3) is 0.111. The second-order valence-corrected chi connectivity index (χ2v) is 2.25. The standard InChI is InChI=1S/C9H8O3.K.Na.2H/c1-7(10)12-9(11)8-5-3-2-4-6-8;;;;/h2-6H,1H3;;;;/q;2*+1;2*-1. The van der Waals surface area contributed by atoms with Crippen LogP contribution in [0.1, 0.15) is 20.1 Å². The van der Waals surface area contributed by atoms with Crippen molar-refractivity contribution in [1.29, 1.82) is 0 Å². The molecule has 0 atom stereocenters. The summed E-state index contributed by atoms with van der Waals surface area (Å²) in [5, 5.41) is 0. The van der Waals surface area contributed by atoms with Crippen molar-refractivity contribution in [3.8, 4) is 0 Å². The van der Waals surface area contributed by atoms with Crippen LogP contribution in [0.5, 0.6) is 0 Å². The van der Waals surface area contributed by atoms with Crippen molar-refractivity contribution in [3.05, 3.63) is 35.9 Å². The largest absolute Gasteiger partial charge is 1.00 e. The minimum absolute atomic E-state index is 0. The second kappa shape index (κ2) is 9.24. The van der Waals surface area contributed by atoms with Gasteiger partial charge in [-0.1, -0.05) is 18.2 Å². The molecule has 0 aliphatic rings. The molecule has 0 aliphatic carbocycles. The molecule has 0 aliphatic heterocycles. The summed E-state index contributed by atoms with van der Waals surface area (Å²) < 4.78 is 4.36. The summed E-state index contributed by atoms with van der Waals surface area (Å²) in [5.74, 6) is -1.20. The molecular formula is C9H10KNaO3. The van der Waals surface area contributed by atoms with Gasteiger partial charge in [-0.05, 0) is 12.1 Å². The van der Waals surface area contributed by atoms with Crippen molar-refractivity contribution in [2.45, 2.75) is 6.92 Å². The van der Waals surface area contributed by atoms with Crippen LogP contribution in [0.15, 0.2) is 30.3 Å². The van der Waals surface area contributed by atoms with Crippen molar-refractivity contribution in [1.82, 2.24) is 0 Å². The molecule has 0 saturated heterocycles. The number of hydrogen-bond acceptors (Lipinski definition) is 3. The second-order valence-electron chi connectivity index (χ2n) is 2.25. The summed E-state index contributed by atoms with van der Waals surface area (Å²) in [6.45, 7) is 1.20. The third kappa shape index (κ3) is 6.47. The van der Waals surface area contributed by atoms with Gasteiger partial charge in [-0.3, -0.25) is 4.79 Å². The Kier molecular flexibility index (Phi) is 11.5. The van der Waals surface area contributed by atoms with E-state index in [1.165, 1.54) is 6.92 Å². The van der Waals surface area contributed by atoms with Crippen LogP contribution >= 0.6 is 0 Å². The first-order valence-electron chi connectivity index (χ1n) is 3.48. The summed E-state index contributed by atoms with van der Waals surface area (Å²) in [7, 11) is 0. The van der Waals surface area contributed by atoms with Gasteiger partial charge in [0.2, 0.25) is 0 Å². The van der Waals surface area contributed by atoms with Gasteiger partial charge in [-0.2, -0.15) is 0 Å². The number of rotatable bonds is 1. The number of carbonyl (C=O) groups excluding carboxylic acids is 2. The van der Waals surface area contributed by atoms with Crippen LogP contribution in [0.4, 0.5) is 0 Å². The third-order valence-corrected chi connectivity index (χ3v) is 1.25. The van der Waals surface area contributed by atoms with Crippen LogP contribution in [0.25, 0.3) is 0 Å². The molecule has 0 saturated carbocycles. The maximum atomic E-state index is 11.0. The smallest absolute Gasteiger partial charge is 1.00 e. The third-order valence-electron chi connectivity index (χ3n) is 1.25. The molecule has 0 spiro atoms. The molecule has 0 heterocycles. The Morgan fingerprint density at radius 2 is 1.71 bits per heavy atom. The van der Waals surface area contributed by atoms with Crippen molar-refractivity contribution >= 4 is 11.9 Å². The fourth-order valence-electron chi connectivity index (χ4n) is 0.764. The predicted molar refractivity (Wildman–Crippen MR) is 44.8 cm³/mol. The van der Waals surface area contributed by atoms with Crippen LogP contribution in [0.2, 0.25) is 0 Å². The van der Waals surface area contributed by atoms with E-state index in [9.17, 15) is 9.59 Å². The van der Waals surface area contributed by atoms with Crippen LogP contribution < -0.4 is 80.9 Å². The number of ether oxygens (including phenoxy) is 1. The molecule has 0 unspecified atom stereocenters. The molecule has 3 nitrogen and oxygen atoms in total. The Morgan fingerprint density at radius 1 is 1.21 bits per heavy atom. The maximum Gasteiger partial charge on any atom is 1.00 e. The van der Waals surface area contributed by atoms with Gasteiger partial charge in [0.05, 0.1) is 5.56 Å². The van der Waals surface area contributed by atoms with Crippen LogP contribution in [-0.2, 0) is 9.53 Å². The van der Waals surface area contributed by atoms with Gasteiger partial charge in [0.1, 0.15) is 0 Å². The van der Waals surface area contributed by atoms with Crippen molar-refractivity contribution in [2.75, 3.05) is 0 Å².